The van der Waals surface area contributed by atoms with Crippen LogP contribution in [0.15, 0.2) is 53.2 Å². The number of halogens is 2. The van der Waals surface area contributed by atoms with Gasteiger partial charge in [-0.1, -0.05) is 34.4 Å². The summed E-state index contributed by atoms with van der Waals surface area (Å²) in [6.45, 7) is 1.58. The summed E-state index contributed by atoms with van der Waals surface area (Å²) >= 11 is 12.2. The quantitative estimate of drug-likeness (QED) is 0.466. The van der Waals surface area contributed by atoms with Crippen molar-refractivity contribution in [2.75, 3.05) is 19.7 Å². The molecule has 8 nitrogen and oxygen atoms in total. The standard InChI is InChI=1S/C24H24Cl2N4O4/c25-16-6-7-19(20(26)12-16)22-13-21(29-34-22)24(32)30(15-18-5-3-11-33-18)10-8-23(31)28-14-17-4-1-2-9-27-17/h1-2,4,6-7,9,12-13,18H,3,5,8,10-11,14-15H2,(H,28,31). The van der Waals surface area contributed by atoms with Crippen LogP contribution in [0.3, 0.4) is 0 Å². The van der Waals surface area contributed by atoms with Gasteiger partial charge in [-0.3, -0.25) is 14.6 Å². The number of rotatable bonds is 9. The van der Waals surface area contributed by atoms with E-state index in [2.05, 4.69) is 15.5 Å². The maximum atomic E-state index is 13.3. The van der Waals surface area contributed by atoms with E-state index < -0.39 is 0 Å². The molecule has 1 saturated heterocycles. The van der Waals surface area contributed by atoms with Gasteiger partial charge in [0.05, 0.1) is 23.4 Å². The molecule has 1 fully saturated rings. The Bertz CT molecular complexity index is 1130. The number of hydrogen-bond donors (Lipinski definition) is 1. The molecule has 3 heterocycles. The topological polar surface area (TPSA) is 97.6 Å². The average molecular weight is 503 g/mol. The number of benzene rings is 1. The van der Waals surface area contributed by atoms with Gasteiger partial charge in [-0.25, -0.2) is 0 Å². The second kappa shape index (κ2) is 11.5. The summed E-state index contributed by atoms with van der Waals surface area (Å²) in [7, 11) is 0. The van der Waals surface area contributed by atoms with Gasteiger partial charge in [-0.15, -0.1) is 0 Å². The third kappa shape index (κ3) is 6.34. The molecule has 0 radical (unpaired) electrons. The zero-order chi connectivity index (χ0) is 23.9. The van der Waals surface area contributed by atoms with E-state index in [1.165, 1.54) is 0 Å². The van der Waals surface area contributed by atoms with Crippen molar-refractivity contribution in [2.24, 2.45) is 0 Å². The van der Waals surface area contributed by atoms with E-state index in [0.717, 1.165) is 18.5 Å². The Hall–Kier alpha value is -2.94. The van der Waals surface area contributed by atoms with Crippen LogP contribution in [0.1, 0.15) is 35.4 Å². The number of aromatic nitrogens is 2. The van der Waals surface area contributed by atoms with Crippen molar-refractivity contribution in [3.8, 4) is 11.3 Å². The zero-order valence-electron chi connectivity index (χ0n) is 18.4. The molecule has 10 heteroatoms. The lowest BCUT2D eigenvalue weighted by Crippen LogP contribution is -2.40. The second-order valence-corrected chi connectivity index (χ2v) is 8.78. The highest BCUT2D eigenvalue weighted by molar-refractivity contribution is 6.36. The summed E-state index contributed by atoms with van der Waals surface area (Å²) in [6, 6.07) is 12.0. The third-order valence-electron chi connectivity index (χ3n) is 5.46. The molecular formula is C24H24Cl2N4O4. The number of ether oxygens (including phenoxy) is 1. The highest BCUT2D eigenvalue weighted by atomic mass is 35.5. The molecular weight excluding hydrogens is 479 g/mol. The fourth-order valence-corrected chi connectivity index (χ4v) is 4.18. The molecule has 0 spiro atoms. The van der Waals surface area contributed by atoms with E-state index in [1.54, 1.807) is 35.4 Å². The number of carbonyl (C=O) groups is 2. The first-order valence-corrected chi connectivity index (χ1v) is 11.7. The molecule has 0 saturated carbocycles. The van der Waals surface area contributed by atoms with Gasteiger partial charge in [-0.05, 0) is 43.2 Å². The van der Waals surface area contributed by atoms with Crippen molar-refractivity contribution in [2.45, 2.75) is 31.9 Å². The zero-order valence-corrected chi connectivity index (χ0v) is 19.9. The number of nitrogens with zero attached hydrogens (tertiary/aromatic N) is 3. The van der Waals surface area contributed by atoms with Crippen molar-refractivity contribution >= 4 is 35.0 Å². The van der Waals surface area contributed by atoms with Crippen molar-refractivity contribution < 1.29 is 18.8 Å². The Balaban J connectivity index is 1.42. The number of carbonyl (C=O) groups excluding carboxylic acids is 2. The number of pyridine rings is 1. The van der Waals surface area contributed by atoms with Gasteiger partial charge < -0.3 is 19.5 Å². The molecule has 1 aliphatic rings. The molecule has 178 valence electrons. The largest absolute Gasteiger partial charge is 0.376 e. The highest BCUT2D eigenvalue weighted by Gasteiger charge is 2.26. The molecule has 1 aliphatic heterocycles. The Morgan fingerprint density at radius 3 is 2.79 bits per heavy atom. The van der Waals surface area contributed by atoms with Gasteiger partial charge >= 0.3 is 0 Å². The molecule has 1 unspecified atom stereocenters. The minimum Gasteiger partial charge on any atom is -0.376 e. The minimum absolute atomic E-state index is 0.0717. The van der Waals surface area contributed by atoms with Crippen LogP contribution in [0, 0.1) is 0 Å². The summed E-state index contributed by atoms with van der Waals surface area (Å²) in [5, 5.41) is 7.67. The van der Waals surface area contributed by atoms with Gasteiger partial charge in [-0.2, -0.15) is 0 Å². The average Bonchev–Trinajstić information content (AvgIpc) is 3.53. The molecule has 0 bridgehead atoms. The Labute approximate surface area is 207 Å². The van der Waals surface area contributed by atoms with E-state index >= 15 is 0 Å². The lowest BCUT2D eigenvalue weighted by molar-refractivity contribution is -0.121. The minimum atomic E-state index is -0.340. The van der Waals surface area contributed by atoms with Crippen molar-refractivity contribution in [3.05, 3.63) is 70.1 Å². The van der Waals surface area contributed by atoms with Crippen molar-refractivity contribution in [1.82, 2.24) is 20.4 Å². The van der Waals surface area contributed by atoms with Crippen molar-refractivity contribution in [3.63, 3.8) is 0 Å². The first kappa shape index (κ1) is 24.2. The predicted octanol–water partition coefficient (Wildman–Crippen LogP) is 4.37. The maximum Gasteiger partial charge on any atom is 0.276 e. The van der Waals surface area contributed by atoms with Crippen LogP contribution in [-0.4, -0.2) is 52.7 Å². The molecule has 1 N–H and O–H groups in total. The van der Waals surface area contributed by atoms with Crippen molar-refractivity contribution in [1.29, 1.82) is 0 Å². The normalized spacial score (nSPS) is 15.3. The van der Waals surface area contributed by atoms with Gasteiger partial charge in [0.1, 0.15) is 0 Å². The van der Waals surface area contributed by atoms with Crippen LogP contribution in [0.5, 0.6) is 0 Å². The van der Waals surface area contributed by atoms with Gasteiger partial charge in [0.2, 0.25) is 5.91 Å². The third-order valence-corrected chi connectivity index (χ3v) is 6.01. The molecule has 4 rings (SSSR count). The first-order valence-electron chi connectivity index (χ1n) is 11.0. The van der Waals surface area contributed by atoms with Crippen LogP contribution in [0.4, 0.5) is 0 Å². The molecule has 1 atom stereocenters. The lowest BCUT2D eigenvalue weighted by atomic mass is 10.1. The number of hydrogen-bond acceptors (Lipinski definition) is 6. The van der Waals surface area contributed by atoms with E-state index in [1.807, 2.05) is 18.2 Å². The summed E-state index contributed by atoms with van der Waals surface area (Å²) in [6.07, 6.45) is 3.55. The predicted molar refractivity (Wildman–Crippen MR) is 128 cm³/mol. The fourth-order valence-electron chi connectivity index (χ4n) is 3.68. The summed E-state index contributed by atoms with van der Waals surface area (Å²) in [5.41, 5.74) is 1.48. The second-order valence-electron chi connectivity index (χ2n) is 7.93. The van der Waals surface area contributed by atoms with E-state index in [-0.39, 0.29) is 36.6 Å². The Morgan fingerprint density at radius 1 is 1.18 bits per heavy atom. The van der Waals surface area contributed by atoms with Crippen LogP contribution >= 0.6 is 23.2 Å². The molecule has 2 aromatic heterocycles. The molecule has 2 amide bonds. The van der Waals surface area contributed by atoms with Crippen LogP contribution in [0.25, 0.3) is 11.3 Å². The smallest absolute Gasteiger partial charge is 0.276 e. The maximum absolute atomic E-state index is 13.3. The van der Waals surface area contributed by atoms with Crippen LogP contribution in [-0.2, 0) is 16.1 Å². The molecule has 1 aromatic carbocycles. The molecule has 3 aromatic rings. The summed E-state index contributed by atoms with van der Waals surface area (Å²) in [4.78, 5) is 31.4. The summed E-state index contributed by atoms with van der Waals surface area (Å²) in [5.74, 6) is -0.159. The summed E-state index contributed by atoms with van der Waals surface area (Å²) < 4.78 is 11.1. The lowest BCUT2D eigenvalue weighted by Gasteiger charge is -2.24. The van der Waals surface area contributed by atoms with Crippen LogP contribution < -0.4 is 5.32 Å². The van der Waals surface area contributed by atoms with E-state index in [4.69, 9.17) is 32.5 Å². The van der Waals surface area contributed by atoms with Crippen LogP contribution in [0.2, 0.25) is 10.0 Å². The van der Waals surface area contributed by atoms with Gasteiger partial charge in [0.15, 0.2) is 11.5 Å². The van der Waals surface area contributed by atoms with Gasteiger partial charge in [0, 0.05) is 49.0 Å². The monoisotopic (exact) mass is 502 g/mol. The molecule has 0 aliphatic carbocycles. The SMILES string of the molecule is O=C(CCN(CC1CCCO1)C(=O)c1cc(-c2ccc(Cl)cc2Cl)on1)NCc1ccccn1. The number of nitrogens with one attached hydrogen (secondary N) is 1. The Kier molecular flexibility index (Phi) is 8.16. The number of amides is 2. The van der Waals surface area contributed by atoms with E-state index in [9.17, 15) is 9.59 Å². The fraction of sp³-hybridized carbons (Fsp3) is 0.333. The Morgan fingerprint density at radius 2 is 2.06 bits per heavy atom. The van der Waals surface area contributed by atoms with E-state index in [0.29, 0.717) is 41.1 Å². The first-order chi connectivity index (χ1) is 16.5. The highest BCUT2D eigenvalue weighted by Crippen LogP contribution is 2.31. The molecule has 34 heavy (non-hydrogen) atoms. The van der Waals surface area contributed by atoms with Gasteiger partial charge in [0.25, 0.3) is 5.91 Å².